The van der Waals surface area contributed by atoms with Crippen LogP contribution in [0.25, 0.3) is 11.4 Å². The maximum absolute atomic E-state index is 12.6. The Kier molecular flexibility index (Phi) is 4.74. The van der Waals surface area contributed by atoms with Crippen molar-refractivity contribution >= 4 is 23.4 Å². The lowest BCUT2D eigenvalue weighted by molar-refractivity contribution is 0.755. The first-order valence-corrected chi connectivity index (χ1v) is 9.19. The second-order valence-corrected chi connectivity index (χ2v) is 7.07. The SMILES string of the molecule is Cc1ccc(-n2nnnc2Sc2cnn(-c3ccccc3)c(=O)c2Cl)cc1. The van der Waals surface area contributed by atoms with E-state index in [0.717, 1.165) is 11.3 Å². The summed E-state index contributed by atoms with van der Waals surface area (Å²) in [6.07, 6.45) is 1.54. The van der Waals surface area contributed by atoms with E-state index in [1.165, 1.54) is 22.6 Å². The molecule has 0 amide bonds. The lowest BCUT2D eigenvalue weighted by Crippen LogP contribution is -2.21. The summed E-state index contributed by atoms with van der Waals surface area (Å²) < 4.78 is 2.85. The Labute approximate surface area is 163 Å². The first kappa shape index (κ1) is 17.4. The lowest BCUT2D eigenvalue weighted by atomic mass is 10.2. The fourth-order valence-corrected chi connectivity index (χ4v) is 3.45. The van der Waals surface area contributed by atoms with Gasteiger partial charge in [0.2, 0.25) is 5.16 Å². The van der Waals surface area contributed by atoms with Gasteiger partial charge in [0.15, 0.2) is 0 Å². The van der Waals surface area contributed by atoms with Crippen LogP contribution in [0.1, 0.15) is 5.56 Å². The van der Waals surface area contributed by atoms with Crippen LogP contribution in [0.15, 0.2) is 75.6 Å². The number of hydrogen-bond donors (Lipinski definition) is 0. The van der Waals surface area contributed by atoms with Crippen molar-refractivity contribution in [3.05, 3.63) is 81.7 Å². The molecule has 0 atom stereocenters. The highest BCUT2D eigenvalue weighted by Gasteiger charge is 2.16. The predicted octanol–water partition coefficient (Wildman–Crippen LogP) is 3.32. The van der Waals surface area contributed by atoms with Crippen LogP contribution < -0.4 is 5.56 Å². The van der Waals surface area contributed by atoms with Crippen LogP contribution in [-0.2, 0) is 0 Å². The average molecular weight is 397 g/mol. The zero-order valence-corrected chi connectivity index (χ0v) is 15.7. The number of rotatable bonds is 4. The van der Waals surface area contributed by atoms with Crippen molar-refractivity contribution in [2.24, 2.45) is 0 Å². The maximum Gasteiger partial charge on any atom is 0.291 e. The van der Waals surface area contributed by atoms with Gasteiger partial charge in [-0.25, -0.2) is 0 Å². The predicted molar refractivity (Wildman–Crippen MR) is 103 cm³/mol. The number of halogens is 1. The average Bonchev–Trinajstić information content (AvgIpc) is 3.15. The van der Waals surface area contributed by atoms with E-state index in [4.69, 9.17) is 11.6 Å². The van der Waals surface area contributed by atoms with Gasteiger partial charge in [-0.1, -0.05) is 47.5 Å². The van der Waals surface area contributed by atoms with Gasteiger partial charge in [-0.05, 0) is 53.4 Å². The fraction of sp³-hybridized carbons (Fsp3) is 0.0556. The molecule has 7 nitrogen and oxygen atoms in total. The Hall–Kier alpha value is -2.97. The van der Waals surface area contributed by atoms with E-state index in [0.29, 0.717) is 15.7 Å². The molecule has 0 aliphatic rings. The largest absolute Gasteiger partial charge is 0.291 e. The maximum atomic E-state index is 12.6. The molecule has 0 bridgehead atoms. The van der Waals surface area contributed by atoms with E-state index >= 15 is 0 Å². The van der Waals surface area contributed by atoms with E-state index in [-0.39, 0.29) is 5.02 Å². The van der Waals surface area contributed by atoms with Gasteiger partial charge in [0.05, 0.1) is 22.5 Å². The van der Waals surface area contributed by atoms with Crippen molar-refractivity contribution in [3.63, 3.8) is 0 Å². The second kappa shape index (κ2) is 7.34. The molecule has 0 radical (unpaired) electrons. The Morgan fingerprint density at radius 1 is 0.963 bits per heavy atom. The van der Waals surface area contributed by atoms with Crippen molar-refractivity contribution < 1.29 is 0 Å². The van der Waals surface area contributed by atoms with Crippen molar-refractivity contribution in [2.45, 2.75) is 17.0 Å². The molecule has 0 spiro atoms. The molecule has 0 N–H and O–H groups in total. The highest BCUT2D eigenvalue weighted by Crippen LogP contribution is 2.30. The van der Waals surface area contributed by atoms with Gasteiger partial charge in [0.1, 0.15) is 5.02 Å². The minimum absolute atomic E-state index is 0.0670. The van der Waals surface area contributed by atoms with Crippen molar-refractivity contribution in [2.75, 3.05) is 0 Å². The van der Waals surface area contributed by atoms with E-state index in [9.17, 15) is 4.79 Å². The molecule has 27 heavy (non-hydrogen) atoms. The van der Waals surface area contributed by atoms with Gasteiger partial charge >= 0.3 is 0 Å². The zero-order valence-electron chi connectivity index (χ0n) is 14.2. The van der Waals surface area contributed by atoms with E-state index in [1.807, 2.05) is 49.4 Å². The molecular formula is C18H13ClN6OS. The van der Waals surface area contributed by atoms with Gasteiger partial charge in [-0.15, -0.1) is 5.10 Å². The molecule has 134 valence electrons. The first-order chi connectivity index (χ1) is 13.1. The van der Waals surface area contributed by atoms with Crippen molar-refractivity contribution in [1.82, 2.24) is 30.0 Å². The number of tetrazole rings is 1. The normalized spacial score (nSPS) is 10.9. The van der Waals surface area contributed by atoms with Crippen LogP contribution >= 0.6 is 23.4 Å². The summed E-state index contributed by atoms with van der Waals surface area (Å²) in [6.45, 7) is 2.01. The number of nitrogens with zero attached hydrogens (tertiary/aromatic N) is 6. The Morgan fingerprint density at radius 3 is 2.41 bits per heavy atom. The van der Waals surface area contributed by atoms with E-state index < -0.39 is 5.56 Å². The quantitative estimate of drug-likeness (QED) is 0.526. The molecule has 0 saturated heterocycles. The smallest absolute Gasteiger partial charge is 0.266 e. The molecule has 4 rings (SSSR count). The lowest BCUT2D eigenvalue weighted by Gasteiger charge is -2.08. The van der Waals surface area contributed by atoms with Gasteiger partial charge in [0, 0.05) is 0 Å². The minimum Gasteiger partial charge on any atom is -0.266 e. The van der Waals surface area contributed by atoms with Gasteiger partial charge in [-0.2, -0.15) is 14.5 Å². The minimum atomic E-state index is -0.401. The third-order valence-electron chi connectivity index (χ3n) is 3.81. The Morgan fingerprint density at radius 2 is 1.67 bits per heavy atom. The summed E-state index contributed by atoms with van der Waals surface area (Å²) in [5.74, 6) is 0. The summed E-state index contributed by atoms with van der Waals surface area (Å²) in [6, 6.07) is 16.9. The molecular weight excluding hydrogens is 384 g/mol. The van der Waals surface area contributed by atoms with Crippen LogP contribution in [0.2, 0.25) is 5.02 Å². The van der Waals surface area contributed by atoms with Crippen LogP contribution in [0.3, 0.4) is 0 Å². The molecule has 0 aliphatic heterocycles. The van der Waals surface area contributed by atoms with E-state index in [1.54, 1.807) is 16.8 Å². The molecule has 0 unspecified atom stereocenters. The molecule has 2 aromatic heterocycles. The summed E-state index contributed by atoms with van der Waals surface area (Å²) in [5.41, 5.74) is 2.19. The zero-order chi connectivity index (χ0) is 18.8. The molecule has 9 heteroatoms. The summed E-state index contributed by atoms with van der Waals surface area (Å²) in [4.78, 5) is 13.1. The summed E-state index contributed by atoms with van der Waals surface area (Å²) in [7, 11) is 0. The van der Waals surface area contributed by atoms with Crippen molar-refractivity contribution in [1.29, 1.82) is 0 Å². The number of para-hydroxylation sites is 1. The topological polar surface area (TPSA) is 78.5 Å². The highest BCUT2D eigenvalue weighted by molar-refractivity contribution is 7.99. The molecule has 0 fully saturated rings. The van der Waals surface area contributed by atoms with Gasteiger partial charge in [0.25, 0.3) is 5.56 Å². The molecule has 0 aliphatic carbocycles. The third-order valence-corrected chi connectivity index (χ3v) is 5.25. The van der Waals surface area contributed by atoms with Crippen LogP contribution in [0, 0.1) is 6.92 Å². The number of aryl methyl sites for hydroxylation is 1. The highest BCUT2D eigenvalue weighted by atomic mass is 35.5. The number of hydrogen-bond acceptors (Lipinski definition) is 6. The van der Waals surface area contributed by atoms with Gasteiger partial charge < -0.3 is 0 Å². The Balaban J connectivity index is 1.69. The fourth-order valence-electron chi connectivity index (χ4n) is 2.43. The van der Waals surface area contributed by atoms with E-state index in [2.05, 4.69) is 20.6 Å². The molecule has 0 saturated carbocycles. The first-order valence-electron chi connectivity index (χ1n) is 8.00. The third kappa shape index (κ3) is 3.49. The monoisotopic (exact) mass is 396 g/mol. The van der Waals surface area contributed by atoms with Crippen LogP contribution in [0.4, 0.5) is 0 Å². The second-order valence-electron chi connectivity index (χ2n) is 5.69. The van der Waals surface area contributed by atoms with Crippen LogP contribution in [-0.4, -0.2) is 30.0 Å². The molecule has 4 aromatic rings. The summed E-state index contributed by atoms with van der Waals surface area (Å²) in [5, 5.41) is 16.6. The standard InChI is InChI=1S/C18H13ClN6OS/c1-12-7-9-14(10-8-12)25-18(21-22-23-25)27-15-11-20-24(17(26)16(15)19)13-5-3-2-4-6-13/h2-11H,1H3. The number of aromatic nitrogens is 6. The van der Waals surface area contributed by atoms with Crippen molar-refractivity contribution in [3.8, 4) is 11.4 Å². The molecule has 2 aromatic carbocycles. The number of benzene rings is 2. The van der Waals surface area contributed by atoms with Gasteiger partial charge in [-0.3, -0.25) is 4.79 Å². The molecule has 2 heterocycles. The Bertz CT molecular complexity index is 1140. The van der Waals surface area contributed by atoms with Crippen LogP contribution in [0.5, 0.6) is 0 Å². The summed E-state index contributed by atoms with van der Waals surface area (Å²) >= 11 is 7.50.